The molecule has 0 radical (unpaired) electrons. The molecule has 22 aromatic rings. The zero-order valence-corrected chi connectivity index (χ0v) is 64.6. The molecule has 2 aromatic heterocycles. The second kappa shape index (κ2) is 29.3. The normalized spacial score (nSPS) is 11.6. The molecule has 22 rings (SSSR count). The average Bonchev–Trinajstić information content (AvgIpc) is 1.67. The van der Waals surface area contributed by atoms with Crippen molar-refractivity contribution in [1.82, 2.24) is 9.13 Å². The standard InChI is InChI=1S/C112H76N6/c1-6-29-84(30-7-1)113(94-69-71-108-104(75-94)101-43-22-24-47-106(101)117(108)88-37-14-5-15-38-88)89-59-49-77(50-60-89)78-51-61-90(62-52-78)114(85-31-8-2-9-32-85)95-70-72-109-105(76-95)102-44-23-25-48-107(102)118(109)93-67-57-81(58-68-93)97-45-26-46-103-111(74-83-28-17-19-40-98(83)112(97)103)116(87-35-12-4-13-36-87)92-65-55-80(56-66-92)79-53-63-91(64-54-79)115(86-33-10-3-11-34-86)110-73-82-27-16-18-39-96(82)99-41-20-21-42-100(99)110/h1-76H. The first-order valence-electron chi connectivity index (χ1n) is 40.4. The highest BCUT2D eigenvalue weighted by molar-refractivity contribution is 6.21. The molecular formula is C112H76N6. The van der Waals surface area contributed by atoms with E-state index in [0.29, 0.717) is 0 Å². The molecule has 0 N–H and O–H groups in total. The van der Waals surface area contributed by atoms with Crippen LogP contribution in [0.5, 0.6) is 0 Å². The minimum Gasteiger partial charge on any atom is -0.310 e. The minimum absolute atomic E-state index is 1.07. The molecule has 2 heterocycles. The summed E-state index contributed by atoms with van der Waals surface area (Å²) in [7, 11) is 0. The summed E-state index contributed by atoms with van der Waals surface area (Å²) in [6.45, 7) is 0. The fourth-order valence-electron chi connectivity index (χ4n) is 18.2. The quantitative estimate of drug-likeness (QED) is 0.0848. The van der Waals surface area contributed by atoms with Crippen LogP contribution in [-0.2, 0) is 0 Å². The minimum atomic E-state index is 1.07. The molecule has 0 saturated carbocycles. The van der Waals surface area contributed by atoms with Crippen molar-refractivity contribution in [2.75, 3.05) is 19.6 Å². The van der Waals surface area contributed by atoms with Gasteiger partial charge in [-0.05, 0) is 248 Å². The summed E-state index contributed by atoms with van der Waals surface area (Å²) in [5.41, 5.74) is 26.8. The van der Waals surface area contributed by atoms with Gasteiger partial charge < -0.3 is 28.7 Å². The van der Waals surface area contributed by atoms with Gasteiger partial charge in [-0.2, -0.15) is 0 Å². The zero-order chi connectivity index (χ0) is 78.0. The topological polar surface area (TPSA) is 22.8 Å². The molecule has 554 valence electrons. The number of rotatable bonds is 17. The summed E-state index contributed by atoms with van der Waals surface area (Å²) in [6, 6.07) is 168. The van der Waals surface area contributed by atoms with Crippen LogP contribution in [0, 0.1) is 0 Å². The molecule has 0 amide bonds. The van der Waals surface area contributed by atoms with Crippen LogP contribution in [0.3, 0.4) is 0 Å². The van der Waals surface area contributed by atoms with Crippen molar-refractivity contribution >= 4 is 155 Å². The molecule has 0 atom stereocenters. The van der Waals surface area contributed by atoms with Gasteiger partial charge in [0.1, 0.15) is 0 Å². The van der Waals surface area contributed by atoms with Crippen molar-refractivity contribution in [1.29, 1.82) is 0 Å². The lowest BCUT2D eigenvalue weighted by Gasteiger charge is -2.28. The Balaban J connectivity index is 0.569. The largest absolute Gasteiger partial charge is 0.310 e. The van der Waals surface area contributed by atoms with Crippen LogP contribution in [0.25, 0.3) is 131 Å². The van der Waals surface area contributed by atoms with E-state index >= 15 is 0 Å². The van der Waals surface area contributed by atoms with Crippen LogP contribution < -0.4 is 19.6 Å². The Morgan fingerprint density at radius 1 is 0.153 bits per heavy atom. The van der Waals surface area contributed by atoms with E-state index in [1.54, 1.807) is 0 Å². The molecule has 0 aliphatic heterocycles. The molecule has 0 spiro atoms. The fourth-order valence-corrected chi connectivity index (χ4v) is 18.2. The van der Waals surface area contributed by atoms with E-state index in [9.17, 15) is 0 Å². The van der Waals surface area contributed by atoms with Crippen LogP contribution >= 0.6 is 0 Å². The maximum Gasteiger partial charge on any atom is 0.0546 e. The number of nitrogens with zero attached hydrogens (tertiary/aromatic N) is 6. The second-order valence-electron chi connectivity index (χ2n) is 30.4. The van der Waals surface area contributed by atoms with Crippen molar-refractivity contribution in [3.8, 4) is 44.8 Å². The van der Waals surface area contributed by atoms with Gasteiger partial charge in [-0.15, -0.1) is 0 Å². The molecule has 0 aliphatic carbocycles. The van der Waals surface area contributed by atoms with Crippen LogP contribution in [0.1, 0.15) is 0 Å². The first-order chi connectivity index (χ1) is 58.5. The number of hydrogen-bond acceptors (Lipinski definition) is 4. The van der Waals surface area contributed by atoms with Crippen molar-refractivity contribution in [3.63, 3.8) is 0 Å². The second-order valence-corrected chi connectivity index (χ2v) is 30.4. The van der Waals surface area contributed by atoms with E-state index in [2.05, 4.69) is 490 Å². The smallest absolute Gasteiger partial charge is 0.0546 e. The highest BCUT2D eigenvalue weighted by Crippen LogP contribution is 2.49. The Hall–Kier alpha value is -15.8. The summed E-state index contributed by atoms with van der Waals surface area (Å²) >= 11 is 0. The number of aromatic nitrogens is 2. The maximum atomic E-state index is 2.43. The molecule has 0 fully saturated rings. The molecule has 0 saturated heterocycles. The summed E-state index contributed by atoms with van der Waals surface area (Å²) < 4.78 is 4.80. The number of hydrogen-bond donors (Lipinski definition) is 0. The van der Waals surface area contributed by atoms with Crippen molar-refractivity contribution in [2.24, 2.45) is 0 Å². The first-order valence-corrected chi connectivity index (χ1v) is 40.4. The number of anilines is 12. The van der Waals surface area contributed by atoms with Gasteiger partial charge in [-0.25, -0.2) is 0 Å². The lowest BCUT2D eigenvalue weighted by molar-refractivity contribution is 1.18. The summed E-state index contributed by atoms with van der Waals surface area (Å²) in [5.74, 6) is 0. The van der Waals surface area contributed by atoms with Gasteiger partial charge in [-0.1, -0.05) is 279 Å². The highest BCUT2D eigenvalue weighted by atomic mass is 15.2. The van der Waals surface area contributed by atoms with E-state index < -0.39 is 0 Å². The Morgan fingerprint density at radius 3 is 0.898 bits per heavy atom. The van der Waals surface area contributed by atoms with Crippen LogP contribution in [0.2, 0.25) is 0 Å². The fraction of sp³-hybridized carbons (Fsp3) is 0. The first kappa shape index (κ1) is 69.0. The molecule has 118 heavy (non-hydrogen) atoms. The van der Waals surface area contributed by atoms with Gasteiger partial charge in [-0.3, -0.25) is 0 Å². The predicted molar refractivity (Wildman–Crippen MR) is 500 cm³/mol. The maximum absolute atomic E-state index is 2.43. The Morgan fingerprint density at radius 2 is 0.449 bits per heavy atom. The molecule has 0 unspecified atom stereocenters. The van der Waals surface area contributed by atoms with E-state index in [-0.39, 0.29) is 0 Å². The van der Waals surface area contributed by atoms with E-state index in [4.69, 9.17) is 0 Å². The highest BCUT2D eigenvalue weighted by Gasteiger charge is 2.25. The van der Waals surface area contributed by atoms with E-state index in [0.717, 1.165) is 124 Å². The SMILES string of the molecule is c1ccc(N(c2ccc(-c3ccc(N(c4ccccc4)c4ccc5c(c4)c4ccccc4n5-c4ccc(-c5cccc6c(N(c7ccccc7)c7ccc(-c8ccc(N(c9ccccc9)c9cc%10ccccc%10c%10ccccc9%10)cc8)cc7)cc7ccccc7c56)cc4)cc3)cc2)c2ccc3c(c2)c2ccccc2n3-c2ccccc2)cc1. The third kappa shape index (κ3) is 12.1. The third-order valence-corrected chi connectivity index (χ3v) is 23.6. The molecule has 0 aliphatic rings. The van der Waals surface area contributed by atoms with Gasteiger partial charge in [0.25, 0.3) is 0 Å². The number of para-hydroxylation sites is 7. The van der Waals surface area contributed by atoms with Gasteiger partial charge in [0, 0.05) is 101 Å². The van der Waals surface area contributed by atoms with Gasteiger partial charge in [0.2, 0.25) is 0 Å². The van der Waals surface area contributed by atoms with E-state index in [1.807, 2.05) is 0 Å². The predicted octanol–water partition coefficient (Wildman–Crippen LogP) is 31.4. The molecule has 0 bridgehead atoms. The van der Waals surface area contributed by atoms with Crippen LogP contribution in [0.15, 0.2) is 461 Å². The Labute approximate surface area is 685 Å². The average molecular weight is 1510 g/mol. The monoisotopic (exact) mass is 1500 g/mol. The van der Waals surface area contributed by atoms with Crippen LogP contribution in [-0.4, -0.2) is 9.13 Å². The zero-order valence-electron chi connectivity index (χ0n) is 64.6. The molecule has 6 heteroatoms. The van der Waals surface area contributed by atoms with Crippen LogP contribution in [0.4, 0.5) is 68.2 Å². The van der Waals surface area contributed by atoms with Crippen molar-refractivity contribution in [2.45, 2.75) is 0 Å². The summed E-state index contributed by atoms with van der Waals surface area (Å²) in [4.78, 5) is 9.56. The number of benzene rings is 20. The van der Waals surface area contributed by atoms with Gasteiger partial charge in [0.15, 0.2) is 0 Å². The summed E-state index contributed by atoms with van der Waals surface area (Å²) in [6.07, 6.45) is 0. The molecule has 6 nitrogen and oxygen atoms in total. The molecular weight excluding hydrogens is 1430 g/mol. The third-order valence-electron chi connectivity index (χ3n) is 23.6. The molecule has 20 aromatic carbocycles. The Bertz CT molecular complexity index is 7500. The lowest BCUT2D eigenvalue weighted by Crippen LogP contribution is -2.11. The van der Waals surface area contributed by atoms with Gasteiger partial charge in [0.05, 0.1) is 33.4 Å². The number of fused-ring (bicyclic) bond motifs is 12. The van der Waals surface area contributed by atoms with E-state index in [1.165, 1.54) is 75.8 Å². The lowest BCUT2D eigenvalue weighted by atomic mass is 9.92. The van der Waals surface area contributed by atoms with Gasteiger partial charge >= 0.3 is 0 Å². The summed E-state index contributed by atoms with van der Waals surface area (Å²) in [5, 5.41) is 14.5. The van der Waals surface area contributed by atoms with Crippen molar-refractivity contribution in [3.05, 3.63) is 461 Å². The Kier molecular flexibility index (Phi) is 17.1. The van der Waals surface area contributed by atoms with Crippen molar-refractivity contribution < 1.29 is 0 Å².